The van der Waals surface area contributed by atoms with Crippen molar-refractivity contribution in [2.45, 2.75) is 37.1 Å². The second kappa shape index (κ2) is 8.01. The van der Waals surface area contributed by atoms with Crippen LogP contribution in [0.5, 0.6) is 0 Å². The fraction of sp³-hybridized carbons (Fsp3) is 0.500. The first kappa shape index (κ1) is 16.7. The minimum Gasteiger partial charge on any atom is -0.481 e. The second-order valence-electron chi connectivity index (χ2n) is 4.80. The first-order chi connectivity index (χ1) is 9.39. The number of hydrogen-bond donors (Lipinski definition) is 2. The molecule has 1 aromatic rings. The van der Waals surface area contributed by atoms with Crippen LogP contribution >= 0.6 is 0 Å². The molecule has 0 saturated carbocycles. The average Bonchev–Trinajstić information content (AvgIpc) is 2.37. The zero-order valence-electron chi connectivity index (χ0n) is 11.6. The van der Waals surface area contributed by atoms with E-state index >= 15 is 0 Å². The Labute approximate surface area is 119 Å². The molecule has 0 saturated heterocycles. The predicted octanol–water partition coefficient (Wildman–Crippen LogP) is 1.82. The molecule has 1 aromatic carbocycles. The van der Waals surface area contributed by atoms with E-state index < -0.39 is 15.8 Å². The van der Waals surface area contributed by atoms with Gasteiger partial charge in [0.05, 0.1) is 4.90 Å². The highest BCUT2D eigenvalue weighted by Gasteiger charge is 2.05. The molecule has 0 aliphatic heterocycles. The Morgan fingerprint density at radius 1 is 1.15 bits per heavy atom. The molecule has 0 fully saturated rings. The molecule has 0 atom stereocenters. The van der Waals surface area contributed by atoms with Crippen molar-refractivity contribution < 1.29 is 18.3 Å². The number of carboxylic acid groups (broad SMARTS) is 1. The third-order valence-corrected chi connectivity index (χ3v) is 4.05. The Morgan fingerprint density at radius 2 is 1.80 bits per heavy atom. The van der Waals surface area contributed by atoms with E-state index in [0.29, 0.717) is 17.9 Å². The number of nitrogens with one attached hydrogen (secondary N) is 1. The Morgan fingerprint density at radius 3 is 2.35 bits per heavy atom. The molecule has 0 aliphatic rings. The molecule has 112 valence electrons. The van der Waals surface area contributed by atoms with Gasteiger partial charge in [0.2, 0.25) is 0 Å². The van der Waals surface area contributed by atoms with Crippen molar-refractivity contribution >= 4 is 15.8 Å². The minimum atomic E-state index is -3.13. The van der Waals surface area contributed by atoms with Gasteiger partial charge in [-0.3, -0.25) is 4.79 Å². The van der Waals surface area contributed by atoms with Gasteiger partial charge in [0.15, 0.2) is 9.84 Å². The zero-order valence-corrected chi connectivity index (χ0v) is 12.4. The Hall–Kier alpha value is -1.40. The Bertz CT molecular complexity index is 523. The van der Waals surface area contributed by atoms with Crippen LogP contribution in [0.15, 0.2) is 29.2 Å². The van der Waals surface area contributed by atoms with Crippen LogP contribution in [0.25, 0.3) is 0 Å². The number of unbranched alkanes of at least 4 members (excludes halogenated alkanes) is 2. The predicted molar refractivity (Wildman–Crippen MR) is 77.4 cm³/mol. The van der Waals surface area contributed by atoms with Gasteiger partial charge in [0.1, 0.15) is 0 Å². The van der Waals surface area contributed by atoms with Gasteiger partial charge in [0, 0.05) is 19.2 Å². The molecule has 1 rings (SSSR count). The van der Waals surface area contributed by atoms with E-state index in [1.165, 1.54) is 6.26 Å². The van der Waals surface area contributed by atoms with Gasteiger partial charge in [-0.05, 0) is 37.1 Å². The highest BCUT2D eigenvalue weighted by atomic mass is 32.2. The number of carboxylic acids is 1. The molecule has 5 nitrogen and oxygen atoms in total. The highest BCUT2D eigenvalue weighted by molar-refractivity contribution is 7.90. The van der Waals surface area contributed by atoms with Gasteiger partial charge >= 0.3 is 5.97 Å². The number of rotatable bonds is 9. The second-order valence-corrected chi connectivity index (χ2v) is 6.81. The van der Waals surface area contributed by atoms with Crippen LogP contribution in [0, 0.1) is 0 Å². The standard InChI is InChI=1S/C14H21NO4S/c1-20(18,19)13-8-6-12(7-9-13)11-15-10-4-2-3-5-14(16)17/h6-9,15H,2-5,10-11H2,1H3,(H,16,17). The summed E-state index contributed by atoms with van der Waals surface area (Å²) >= 11 is 0. The van der Waals surface area contributed by atoms with Gasteiger partial charge in [-0.2, -0.15) is 0 Å². The zero-order chi connectivity index (χ0) is 15.0. The van der Waals surface area contributed by atoms with Crippen LogP contribution in [-0.2, 0) is 21.2 Å². The fourth-order valence-corrected chi connectivity index (χ4v) is 2.42. The molecule has 0 unspecified atom stereocenters. The summed E-state index contributed by atoms with van der Waals surface area (Å²) in [6.45, 7) is 1.51. The van der Waals surface area contributed by atoms with Crippen molar-refractivity contribution in [2.24, 2.45) is 0 Å². The van der Waals surface area contributed by atoms with Crippen molar-refractivity contribution in [1.82, 2.24) is 5.32 Å². The van der Waals surface area contributed by atoms with Crippen molar-refractivity contribution in [3.8, 4) is 0 Å². The minimum absolute atomic E-state index is 0.229. The molecule has 0 radical (unpaired) electrons. The molecular formula is C14H21NO4S. The molecular weight excluding hydrogens is 278 g/mol. The molecule has 20 heavy (non-hydrogen) atoms. The molecule has 0 heterocycles. The quantitative estimate of drug-likeness (QED) is 0.680. The molecule has 0 bridgehead atoms. The van der Waals surface area contributed by atoms with Crippen molar-refractivity contribution in [2.75, 3.05) is 12.8 Å². The van der Waals surface area contributed by atoms with Gasteiger partial charge < -0.3 is 10.4 Å². The van der Waals surface area contributed by atoms with Gasteiger partial charge in [-0.1, -0.05) is 18.6 Å². The van der Waals surface area contributed by atoms with Crippen LogP contribution in [0.2, 0.25) is 0 Å². The lowest BCUT2D eigenvalue weighted by molar-refractivity contribution is -0.137. The van der Waals surface area contributed by atoms with Crippen LogP contribution in [0.1, 0.15) is 31.2 Å². The summed E-state index contributed by atoms with van der Waals surface area (Å²) in [5.74, 6) is -0.746. The van der Waals surface area contributed by atoms with Gasteiger partial charge in [0.25, 0.3) is 0 Å². The lowest BCUT2D eigenvalue weighted by Gasteiger charge is -2.05. The number of sulfone groups is 1. The maximum Gasteiger partial charge on any atom is 0.303 e. The SMILES string of the molecule is CS(=O)(=O)c1ccc(CNCCCCCC(=O)O)cc1. The topological polar surface area (TPSA) is 83.5 Å². The summed E-state index contributed by atoms with van der Waals surface area (Å²) in [6, 6.07) is 6.82. The Kier molecular flexibility index (Phi) is 6.67. The van der Waals surface area contributed by atoms with Crippen LogP contribution < -0.4 is 5.32 Å². The van der Waals surface area contributed by atoms with Gasteiger partial charge in [-0.25, -0.2) is 8.42 Å². The van der Waals surface area contributed by atoms with E-state index in [1.807, 2.05) is 0 Å². The summed E-state index contributed by atoms with van der Waals surface area (Å²) in [5.41, 5.74) is 1.03. The summed E-state index contributed by atoms with van der Waals surface area (Å²) in [6.07, 6.45) is 3.96. The van der Waals surface area contributed by atoms with E-state index in [0.717, 1.165) is 24.9 Å². The average molecular weight is 299 g/mol. The van der Waals surface area contributed by atoms with Crippen LogP contribution in [0.4, 0.5) is 0 Å². The van der Waals surface area contributed by atoms with Crippen molar-refractivity contribution in [3.63, 3.8) is 0 Å². The van der Waals surface area contributed by atoms with Crippen molar-refractivity contribution in [3.05, 3.63) is 29.8 Å². The van der Waals surface area contributed by atoms with E-state index in [1.54, 1.807) is 24.3 Å². The summed E-state index contributed by atoms with van der Waals surface area (Å²) in [4.78, 5) is 10.6. The van der Waals surface area contributed by atoms with Crippen LogP contribution in [0.3, 0.4) is 0 Å². The fourth-order valence-electron chi connectivity index (χ4n) is 1.79. The van der Waals surface area contributed by atoms with E-state index in [-0.39, 0.29) is 6.42 Å². The third-order valence-electron chi connectivity index (χ3n) is 2.92. The molecule has 0 aliphatic carbocycles. The first-order valence-electron chi connectivity index (χ1n) is 6.61. The molecule has 2 N–H and O–H groups in total. The number of benzene rings is 1. The summed E-state index contributed by atoms with van der Waals surface area (Å²) in [7, 11) is -3.13. The van der Waals surface area contributed by atoms with Gasteiger partial charge in [-0.15, -0.1) is 0 Å². The maximum absolute atomic E-state index is 11.3. The lowest BCUT2D eigenvalue weighted by atomic mass is 10.2. The Balaban J connectivity index is 2.21. The third kappa shape index (κ3) is 6.68. The normalized spacial score (nSPS) is 11.4. The molecule has 0 spiro atoms. The van der Waals surface area contributed by atoms with E-state index in [4.69, 9.17) is 5.11 Å². The maximum atomic E-state index is 11.3. The van der Waals surface area contributed by atoms with Crippen molar-refractivity contribution in [1.29, 1.82) is 0 Å². The number of aliphatic carboxylic acids is 1. The molecule has 0 aromatic heterocycles. The monoisotopic (exact) mass is 299 g/mol. The van der Waals surface area contributed by atoms with E-state index in [2.05, 4.69) is 5.32 Å². The van der Waals surface area contributed by atoms with E-state index in [9.17, 15) is 13.2 Å². The number of carbonyl (C=O) groups is 1. The largest absolute Gasteiger partial charge is 0.481 e. The number of hydrogen-bond acceptors (Lipinski definition) is 4. The smallest absolute Gasteiger partial charge is 0.303 e. The highest BCUT2D eigenvalue weighted by Crippen LogP contribution is 2.10. The molecule has 6 heteroatoms. The molecule has 0 amide bonds. The first-order valence-corrected chi connectivity index (χ1v) is 8.50. The lowest BCUT2D eigenvalue weighted by Crippen LogP contribution is -2.14. The summed E-state index contributed by atoms with van der Waals surface area (Å²) in [5, 5.41) is 11.7. The summed E-state index contributed by atoms with van der Waals surface area (Å²) < 4.78 is 22.6. The van der Waals surface area contributed by atoms with Crippen LogP contribution in [-0.4, -0.2) is 32.3 Å².